The summed E-state index contributed by atoms with van der Waals surface area (Å²) in [5.41, 5.74) is -1.34. The van der Waals surface area contributed by atoms with Crippen LogP contribution >= 0.6 is 23.2 Å². The van der Waals surface area contributed by atoms with Crippen molar-refractivity contribution in [3.8, 4) is 0 Å². The maximum Gasteiger partial charge on any atom is 0.313 e. The summed E-state index contributed by atoms with van der Waals surface area (Å²) in [6.45, 7) is 3.99. The van der Waals surface area contributed by atoms with Crippen LogP contribution in [0.4, 0.5) is 4.39 Å². The van der Waals surface area contributed by atoms with Gasteiger partial charge in [-0.1, -0.05) is 41.4 Å². The van der Waals surface area contributed by atoms with Gasteiger partial charge in [-0.25, -0.2) is 4.39 Å². The molecule has 10 heteroatoms. The Kier molecular flexibility index (Phi) is 8.40. The maximum atomic E-state index is 16.3. The normalized spacial score (nSPS) is 20.1. The van der Waals surface area contributed by atoms with Crippen LogP contribution in [0.15, 0.2) is 54.6 Å². The molecule has 2 aliphatic rings. The van der Waals surface area contributed by atoms with Gasteiger partial charge in [0.25, 0.3) is 5.91 Å². The van der Waals surface area contributed by atoms with Gasteiger partial charge in [-0.2, -0.15) is 0 Å². The lowest BCUT2D eigenvalue weighted by atomic mass is 9.81. The van der Waals surface area contributed by atoms with Gasteiger partial charge in [0.1, 0.15) is 5.82 Å². The Hall–Kier alpha value is -3.01. The lowest BCUT2D eigenvalue weighted by Crippen LogP contribution is -2.46. The summed E-state index contributed by atoms with van der Waals surface area (Å²) in [6.07, 6.45) is 0.249. The minimum atomic E-state index is -1.71. The van der Waals surface area contributed by atoms with Gasteiger partial charge in [-0.15, -0.1) is 0 Å². The van der Waals surface area contributed by atoms with E-state index in [1.54, 1.807) is 56.3 Å². The minimum Gasteiger partial charge on any atom is -0.481 e. The molecule has 5 rings (SSSR count). The Morgan fingerprint density at radius 2 is 1.76 bits per heavy atom. The van der Waals surface area contributed by atoms with Crippen molar-refractivity contribution in [3.05, 3.63) is 104 Å². The first kappa shape index (κ1) is 30.4. The zero-order valence-corrected chi connectivity index (χ0v) is 25.0. The van der Waals surface area contributed by atoms with Crippen LogP contribution < -0.4 is 0 Å². The van der Waals surface area contributed by atoms with Gasteiger partial charge in [-0.3, -0.25) is 14.5 Å². The molecule has 0 aliphatic carbocycles. The number of aliphatic hydroxyl groups is 1. The molecular weight excluding hydrogens is 584 g/mol. The lowest BCUT2D eigenvalue weighted by molar-refractivity contribution is -0.142. The van der Waals surface area contributed by atoms with Gasteiger partial charge in [0.2, 0.25) is 0 Å². The number of carboxylic acids is 1. The number of carbonyl (C=O) groups excluding carboxylic acids is 1. The third kappa shape index (κ3) is 5.09. The molecule has 2 heterocycles. The third-order valence-corrected chi connectivity index (χ3v) is 8.99. The van der Waals surface area contributed by atoms with Crippen LogP contribution in [0.1, 0.15) is 71.0 Å². The molecule has 0 unspecified atom stereocenters. The maximum absolute atomic E-state index is 16.3. The van der Waals surface area contributed by atoms with E-state index in [-0.39, 0.29) is 23.6 Å². The molecule has 0 aromatic heterocycles. The van der Waals surface area contributed by atoms with Crippen molar-refractivity contribution in [2.24, 2.45) is 5.92 Å². The second-order valence-electron chi connectivity index (χ2n) is 11.3. The minimum absolute atomic E-state index is 0.00765. The summed E-state index contributed by atoms with van der Waals surface area (Å²) < 4.78 is 27.8. The highest BCUT2D eigenvalue weighted by Gasteiger charge is 2.54. The Morgan fingerprint density at radius 1 is 1.12 bits per heavy atom. The van der Waals surface area contributed by atoms with Crippen molar-refractivity contribution in [1.82, 2.24) is 4.90 Å². The monoisotopic (exact) mass is 615 g/mol. The summed E-state index contributed by atoms with van der Waals surface area (Å²) in [5.74, 6) is -2.45. The summed E-state index contributed by atoms with van der Waals surface area (Å²) in [5, 5.41) is 22.0. The Labute approximate surface area is 253 Å². The van der Waals surface area contributed by atoms with E-state index < -0.39 is 34.9 Å². The number of halogens is 3. The Bertz CT molecular complexity index is 1520. The summed E-state index contributed by atoms with van der Waals surface area (Å²) in [6, 6.07) is 14.2. The molecule has 1 amide bonds. The van der Waals surface area contributed by atoms with Crippen LogP contribution in [0.25, 0.3) is 0 Å². The van der Waals surface area contributed by atoms with Crippen LogP contribution in [0.5, 0.6) is 0 Å². The van der Waals surface area contributed by atoms with E-state index >= 15 is 4.39 Å². The van der Waals surface area contributed by atoms with Crippen molar-refractivity contribution in [2.75, 3.05) is 20.3 Å². The summed E-state index contributed by atoms with van der Waals surface area (Å²) in [7, 11) is 1.39. The number of nitrogens with zero attached hydrogens (tertiary/aromatic N) is 1. The van der Waals surface area contributed by atoms with Gasteiger partial charge in [0, 0.05) is 42.5 Å². The van der Waals surface area contributed by atoms with Crippen LogP contribution in [-0.2, 0) is 32.0 Å². The van der Waals surface area contributed by atoms with Crippen molar-refractivity contribution >= 4 is 35.1 Å². The fraction of sp³-hybridized carbons (Fsp3) is 0.375. The predicted molar refractivity (Wildman–Crippen MR) is 156 cm³/mol. The molecule has 0 radical (unpaired) electrons. The van der Waals surface area contributed by atoms with Gasteiger partial charge in [-0.05, 0) is 85.7 Å². The van der Waals surface area contributed by atoms with Crippen molar-refractivity contribution < 1.29 is 33.7 Å². The van der Waals surface area contributed by atoms with Crippen molar-refractivity contribution in [3.63, 3.8) is 0 Å². The number of benzene rings is 3. The number of rotatable bonds is 8. The molecule has 7 nitrogen and oxygen atoms in total. The predicted octanol–water partition coefficient (Wildman–Crippen LogP) is 6.46. The Balaban J connectivity index is 1.69. The fourth-order valence-electron chi connectivity index (χ4n) is 6.08. The quantitative estimate of drug-likeness (QED) is 0.302. The number of hydrogen-bond acceptors (Lipinski definition) is 5. The average molecular weight is 617 g/mol. The van der Waals surface area contributed by atoms with E-state index in [4.69, 9.17) is 32.7 Å². The van der Waals surface area contributed by atoms with Gasteiger partial charge >= 0.3 is 5.97 Å². The zero-order chi connectivity index (χ0) is 30.4. The molecule has 2 aliphatic heterocycles. The smallest absolute Gasteiger partial charge is 0.313 e. The zero-order valence-electron chi connectivity index (χ0n) is 23.5. The number of aliphatic hydroxyl groups excluding tert-OH is 1. The van der Waals surface area contributed by atoms with Crippen LogP contribution in [0.2, 0.25) is 10.0 Å². The van der Waals surface area contributed by atoms with Crippen LogP contribution in [0.3, 0.4) is 0 Å². The third-order valence-electron chi connectivity index (χ3n) is 8.50. The summed E-state index contributed by atoms with van der Waals surface area (Å²) >= 11 is 12.5. The highest BCUT2D eigenvalue weighted by Crippen LogP contribution is 2.49. The SMILES string of the molecule is CO[C@]1(c2ccc(Cl)cc2)c2c(F)cc([C@@H](O)C3CCOCC3)cc2C(=O)N1Cc1ccc(Cl)cc1C(C)(C)C(=O)O. The molecule has 0 saturated carbocycles. The first-order valence-electron chi connectivity index (χ1n) is 13.7. The molecule has 1 saturated heterocycles. The van der Waals surface area contributed by atoms with E-state index in [1.165, 1.54) is 24.1 Å². The molecule has 1 fully saturated rings. The van der Waals surface area contributed by atoms with E-state index in [1.807, 2.05) is 0 Å². The van der Waals surface area contributed by atoms with Gasteiger partial charge < -0.3 is 19.7 Å². The van der Waals surface area contributed by atoms with Crippen LogP contribution in [-0.4, -0.2) is 47.3 Å². The number of carbonyl (C=O) groups is 2. The molecular formula is C32H32Cl2FNO6. The first-order valence-corrected chi connectivity index (χ1v) is 14.4. The number of carboxylic acid groups (broad SMARTS) is 1. The molecule has 3 aromatic rings. The van der Waals surface area contributed by atoms with Crippen molar-refractivity contribution in [2.45, 2.75) is 50.5 Å². The summed E-state index contributed by atoms with van der Waals surface area (Å²) in [4.78, 5) is 27.9. The number of methoxy groups -OCH3 is 1. The fourth-order valence-corrected chi connectivity index (χ4v) is 6.38. The second-order valence-corrected chi connectivity index (χ2v) is 12.2. The molecule has 3 aromatic carbocycles. The van der Waals surface area contributed by atoms with E-state index in [0.717, 1.165) is 0 Å². The van der Waals surface area contributed by atoms with Crippen molar-refractivity contribution in [1.29, 1.82) is 0 Å². The second kappa shape index (κ2) is 11.6. The standard InChI is InChI=1S/C32H32Cl2FNO6/c1-31(2,30(39)40)25-16-23(34)7-4-19(25)17-36-29(38)24-14-20(28(37)18-10-12-42-13-11-18)15-26(35)27(24)32(36,41-3)21-5-8-22(33)9-6-21/h4-9,14-16,18,28,37H,10-13,17H2,1-3H3,(H,39,40)/t28-,32+/m0/s1. The van der Waals surface area contributed by atoms with Gasteiger partial charge in [0.05, 0.1) is 22.6 Å². The van der Waals surface area contributed by atoms with Crippen LogP contribution in [0, 0.1) is 11.7 Å². The Morgan fingerprint density at radius 3 is 2.38 bits per heavy atom. The highest BCUT2D eigenvalue weighted by molar-refractivity contribution is 6.31. The number of fused-ring (bicyclic) bond motifs is 1. The number of aliphatic carboxylic acids is 1. The number of hydrogen-bond donors (Lipinski definition) is 2. The average Bonchev–Trinajstić information content (AvgIpc) is 3.22. The first-order chi connectivity index (χ1) is 19.9. The molecule has 2 N–H and O–H groups in total. The van der Waals surface area contributed by atoms with Gasteiger partial charge in [0.15, 0.2) is 5.72 Å². The largest absolute Gasteiger partial charge is 0.481 e. The molecule has 42 heavy (non-hydrogen) atoms. The topological polar surface area (TPSA) is 96.3 Å². The molecule has 2 atom stereocenters. The highest BCUT2D eigenvalue weighted by atomic mass is 35.5. The number of amides is 1. The van der Waals surface area contributed by atoms with E-state index in [9.17, 15) is 19.8 Å². The molecule has 0 bridgehead atoms. The lowest BCUT2D eigenvalue weighted by Gasteiger charge is -2.39. The molecule has 0 spiro atoms. The van der Waals surface area contributed by atoms with E-state index in [0.29, 0.717) is 58.4 Å². The van der Waals surface area contributed by atoms with E-state index in [2.05, 4.69) is 0 Å². The number of ether oxygens (including phenoxy) is 2. The molecule has 222 valence electrons.